The number of aromatic nitrogens is 2. The summed E-state index contributed by atoms with van der Waals surface area (Å²) in [4.78, 5) is 19.5. The second-order valence-corrected chi connectivity index (χ2v) is 8.07. The second-order valence-electron chi connectivity index (χ2n) is 8.07. The third-order valence-corrected chi connectivity index (χ3v) is 5.97. The monoisotopic (exact) mass is 390 g/mol. The number of fused-ring (bicyclic) bond motifs is 1. The summed E-state index contributed by atoms with van der Waals surface area (Å²) >= 11 is 0. The summed E-state index contributed by atoms with van der Waals surface area (Å²) in [6.07, 6.45) is 1.75. The normalized spacial score (nSPS) is 15.1. The van der Waals surface area contributed by atoms with Crippen LogP contribution in [-0.4, -0.2) is 35.1 Å². The number of carbonyl (C=O) groups is 1. The van der Waals surface area contributed by atoms with Crippen LogP contribution in [0.1, 0.15) is 36.5 Å². The van der Waals surface area contributed by atoms with E-state index in [9.17, 15) is 4.79 Å². The number of carbonyl (C=O) groups excluding carboxylic acids is 1. The summed E-state index contributed by atoms with van der Waals surface area (Å²) in [5.41, 5.74) is 6.09. The van der Waals surface area contributed by atoms with E-state index in [1.165, 1.54) is 16.7 Å². The van der Waals surface area contributed by atoms with Gasteiger partial charge in [-0.1, -0.05) is 35.9 Å². The number of hydrogen-bond donors (Lipinski definition) is 1. The Morgan fingerprint density at radius 1 is 1.14 bits per heavy atom. The van der Waals surface area contributed by atoms with Gasteiger partial charge in [-0.15, -0.1) is 0 Å². The lowest BCUT2D eigenvalue weighted by atomic mass is 9.96. The van der Waals surface area contributed by atoms with Gasteiger partial charge in [0.15, 0.2) is 0 Å². The topological polar surface area (TPSA) is 50.2 Å². The number of imidazole rings is 1. The van der Waals surface area contributed by atoms with Crippen LogP contribution in [-0.2, 0) is 11.3 Å². The number of piperidine rings is 1. The molecule has 2 aromatic carbocycles. The average Bonchev–Trinajstić information content (AvgIpc) is 3.09. The minimum absolute atomic E-state index is 0.114. The van der Waals surface area contributed by atoms with Crippen molar-refractivity contribution in [3.63, 3.8) is 0 Å². The van der Waals surface area contributed by atoms with Gasteiger partial charge in [0.1, 0.15) is 0 Å². The lowest BCUT2D eigenvalue weighted by Gasteiger charge is -2.32. The van der Waals surface area contributed by atoms with Crippen molar-refractivity contribution >= 4 is 22.9 Å². The van der Waals surface area contributed by atoms with E-state index in [2.05, 4.69) is 65.0 Å². The molecule has 4 rings (SSSR count). The molecule has 0 aliphatic carbocycles. The van der Waals surface area contributed by atoms with E-state index in [-0.39, 0.29) is 11.8 Å². The van der Waals surface area contributed by atoms with Gasteiger partial charge in [-0.2, -0.15) is 0 Å². The van der Waals surface area contributed by atoms with Crippen LogP contribution in [0.5, 0.6) is 0 Å². The first-order valence-corrected chi connectivity index (χ1v) is 10.6. The molecular formula is C24H30N4O. The molecule has 1 N–H and O–H groups in total. The molecule has 2 heterocycles. The largest absolute Gasteiger partial charge is 0.356 e. The van der Waals surface area contributed by atoms with Crippen molar-refractivity contribution in [1.82, 2.24) is 14.9 Å². The SMILES string of the molecule is CCNC(=O)C1CCN(c2nc3ccccc3n2Cc2cc(C)ccc2C)CC1. The van der Waals surface area contributed by atoms with Crippen molar-refractivity contribution in [3.05, 3.63) is 59.2 Å². The fraction of sp³-hybridized carbons (Fsp3) is 0.417. The van der Waals surface area contributed by atoms with Crippen LogP contribution < -0.4 is 10.2 Å². The quantitative estimate of drug-likeness (QED) is 0.715. The summed E-state index contributed by atoms with van der Waals surface area (Å²) < 4.78 is 2.34. The van der Waals surface area contributed by atoms with E-state index in [4.69, 9.17) is 4.98 Å². The molecule has 0 bridgehead atoms. The summed E-state index contributed by atoms with van der Waals surface area (Å²) in [6, 6.07) is 15.0. The number of hydrogen-bond acceptors (Lipinski definition) is 3. The van der Waals surface area contributed by atoms with Gasteiger partial charge in [-0.3, -0.25) is 4.79 Å². The zero-order valence-electron chi connectivity index (χ0n) is 17.6. The first-order chi connectivity index (χ1) is 14.1. The number of nitrogens with zero attached hydrogens (tertiary/aromatic N) is 3. The molecule has 3 aromatic rings. The van der Waals surface area contributed by atoms with E-state index in [0.717, 1.165) is 49.5 Å². The van der Waals surface area contributed by atoms with Crippen LogP contribution in [0, 0.1) is 19.8 Å². The number of para-hydroxylation sites is 2. The van der Waals surface area contributed by atoms with E-state index in [0.29, 0.717) is 6.54 Å². The number of amides is 1. The first kappa shape index (κ1) is 19.5. The lowest BCUT2D eigenvalue weighted by Crippen LogP contribution is -2.41. The molecule has 29 heavy (non-hydrogen) atoms. The second kappa shape index (κ2) is 8.27. The number of benzene rings is 2. The van der Waals surface area contributed by atoms with Crippen molar-refractivity contribution in [2.45, 2.75) is 40.2 Å². The van der Waals surface area contributed by atoms with Gasteiger partial charge in [0, 0.05) is 25.6 Å². The molecule has 0 spiro atoms. The maximum atomic E-state index is 12.2. The summed E-state index contributed by atoms with van der Waals surface area (Å²) in [7, 11) is 0. The van der Waals surface area contributed by atoms with Crippen LogP contribution in [0.2, 0.25) is 0 Å². The first-order valence-electron chi connectivity index (χ1n) is 10.6. The van der Waals surface area contributed by atoms with E-state index in [1.54, 1.807) is 0 Å². The Morgan fingerprint density at radius 2 is 1.90 bits per heavy atom. The van der Waals surface area contributed by atoms with Gasteiger partial charge in [0.25, 0.3) is 0 Å². The van der Waals surface area contributed by atoms with Crippen LogP contribution >= 0.6 is 0 Å². The van der Waals surface area contributed by atoms with Gasteiger partial charge in [0.2, 0.25) is 11.9 Å². The highest BCUT2D eigenvalue weighted by atomic mass is 16.1. The van der Waals surface area contributed by atoms with E-state index >= 15 is 0 Å². The summed E-state index contributed by atoms with van der Waals surface area (Å²) in [6.45, 7) is 9.51. The van der Waals surface area contributed by atoms with E-state index < -0.39 is 0 Å². The molecule has 1 aliphatic rings. The molecule has 5 heteroatoms. The Bertz CT molecular complexity index is 1010. The van der Waals surface area contributed by atoms with Crippen molar-refractivity contribution in [2.24, 2.45) is 5.92 Å². The maximum Gasteiger partial charge on any atom is 0.223 e. The molecule has 0 saturated carbocycles. The minimum Gasteiger partial charge on any atom is -0.356 e. The predicted octanol–water partition coefficient (Wildman–Crippen LogP) is 4.05. The number of anilines is 1. The maximum absolute atomic E-state index is 12.2. The zero-order valence-corrected chi connectivity index (χ0v) is 17.6. The lowest BCUT2D eigenvalue weighted by molar-refractivity contribution is -0.125. The molecule has 1 amide bonds. The number of aryl methyl sites for hydroxylation is 2. The molecule has 0 atom stereocenters. The van der Waals surface area contributed by atoms with Crippen molar-refractivity contribution in [1.29, 1.82) is 0 Å². The van der Waals surface area contributed by atoms with Gasteiger partial charge in [-0.25, -0.2) is 4.98 Å². The zero-order chi connectivity index (χ0) is 20.4. The van der Waals surface area contributed by atoms with Crippen molar-refractivity contribution < 1.29 is 4.79 Å². The molecule has 1 saturated heterocycles. The van der Waals surface area contributed by atoms with Gasteiger partial charge >= 0.3 is 0 Å². The number of nitrogens with one attached hydrogen (secondary N) is 1. The Labute approximate surface area is 172 Å². The van der Waals surface area contributed by atoms with Gasteiger partial charge in [-0.05, 0) is 56.9 Å². The fourth-order valence-corrected chi connectivity index (χ4v) is 4.26. The highest BCUT2D eigenvalue weighted by molar-refractivity contribution is 5.80. The molecule has 1 aromatic heterocycles. The average molecular weight is 391 g/mol. The highest BCUT2D eigenvalue weighted by Crippen LogP contribution is 2.28. The number of rotatable bonds is 5. The molecule has 5 nitrogen and oxygen atoms in total. The summed E-state index contributed by atoms with van der Waals surface area (Å²) in [5, 5.41) is 2.97. The molecule has 0 radical (unpaired) electrons. The Kier molecular flexibility index (Phi) is 5.56. The van der Waals surface area contributed by atoms with Gasteiger partial charge in [0.05, 0.1) is 17.6 Å². The van der Waals surface area contributed by atoms with Crippen LogP contribution in [0.15, 0.2) is 42.5 Å². The highest BCUT2D eigenvalue weighted by Gasteiger charge is 2.27. The molecule has 1 fully saturated rings. The summed E-state index contributed by atoms with van der Waals surface area (Å²) in [5.74, 6) is 1.32. The third-order valence-electron chi connectivity index (χ3n) is 5.97. The van der Waals surface area contributed by atoms with Crippen LogP contribution in [0.4, 0.5) is 5.95 Å². The Hall–Kier alpha value is -2.82. The predicted molar refractivity (Wildman–Crippen MR) is 118 cm³/mol. The molecule has 0 unspecified atom stereocenters. The molecule has 152 valence electrons. The third kappa shape index (κ3) is 4.00. The molecule has 1 aliphatic heterocycles. The Balaban J connectivity index is 1.64. The van der Waals surface area contributed by atoms with Crippen molar-refractivity contribution in [2.75, 3.05) is 24.5 Å². The molecular weight excluding hydrogens is 360 g/mol. The standard InChI is InChI=1S/C24H30N4O/c1-4-25-23(29)19-11-13-27(14-12-19)24-26-21-7-5-6-8-22(21)28(24)16-20-15-17(2)9-10-18(20)3/h5-10,15,19H,4,11-14,16H2,1-3H3,(H,25,29). The van der Waals surface area contributed by atoms with Gasteiger partial charge < -0.3 is 14.8 Å². The smallest absolute Gasteiger partial charge is 0.223 e. The van der Waals surface area contributed by atoms with Crippen LogP contribution in [0.3, 0.4) is 0 Å². The van der Waals surface area contributed by atoms with E-state index in [1.807, 2.05) is 13.0 Å². The van der Waals surface area contributed by atoms with Crippen LogP contribution in [0.25, 0.3) is 11.0 Å². The Morgan fingerprint density at radius 3 is 2.66 bits per heavy atom. The fourth-order valence-electron chi connectivity index (χ4n) is 4.26. The minimum atomic E-state index is 0.114. The van der Waals surface area contributed by atoms with Crippen molar-refractivity contribution in [3.8, 4) is 0 Å².